The third kappa shape index (κ3) is 21.6. The molecular weight excluding hydrogens is 861 g/mol. The summed E-state index contributed by atoms with van der Waals surface area (Å²) in [6.45, 7) is 28.8. The molecule has 0 aliphatic carbocycles. The topological polar surface area (TPSA) is 142 Å². The van der Waals surface area contributed by atoms with Gasteiger partial charge in [0.05, 0.1) is 0 Å². The van der Waals surface area contributed by atoms with E-state index in [4.69, 9.17) is 18.9 Å². The van der Waals surface area contributed by atoms with Gasteiger partial charge in [-0.15, -0.1) is 0 Å². The predicted octanol–water partition coefficient (Wildman–Crippen LogP) is 11.5. The molecule has 14 nitrogen and oxygen atoms in total. The van der Waals surface area contributed by atoms with Crippen molar-refractivity contribution >= 4 is 45.9 Å². The summed E-state index contributed by atoms with van der Waals surface area (Å²) in [5.41, 5.74) is 0.256. The molecule has 4 amide bonds. The first-order valence-corrected chi connectivity index (χ1v) is 24.9. The average Bonchev–Trinajstić information content (AvgIpc) is 3.22. The summed E-state index contributed by atoms with van der Waals surface area (Å²) in [7, 11) is 3.48. The molecule has 0 aromatic heterocycles. The lowest BCUT2D eigenvalue weighted by atomic mass is 9.91. The maximum Gasteiger partial charge on any atom is 0.410 e. The summed E-state index contributed by atoms with van der Waals surface area (Å²) in [4.78, 5) is 58.0. The molecule has 0 bridgehead atoms. The third-order valence-electron chi connectivity index (χ3n) is 10.9. The van der Waals surface area contributed by atoms with Gasteiger partial charge >= 0.3 is 24.4 Å². The number of fused-ring (bicyclic) bond motifs is 2. The molecule has 0 heterocycles. The van der Waals surface area contributed by atoms with Gasteiger partial charge in [0.25, 0.3) is 0 Å². The van der Waals surface area contributed by atoms with Crippen molar-refractivity contribution in [1.29, 1.82) is 0 Å². The summed E-state index contributed by atoms with van der Waals surface area (Å²) in [5.74, 6) is 0. The minimum Gasteiger partial charge on any atom is -0.444 e. The molecule has 3 rings (SSSR count). The van der Waals surface area contributed by atoms with Crippen LogP contribution in [-0.2, 0) is 32.0 Å². The van der Waals surface area contributed by atoms with Crippen molar-refractivity contribution in [3.63, 3.8) is 0 Å². The standard InChI is InChI=1S/C54H88N6O8/c1-51(2,3)65-47(61)57(13)33-23-25-37-59(49(63)67-53(7,8)9)35-21-19-31-55-39-45-41-27-15-17-29-43(41)46(44-30-18-16-28-42(44)45)40-56-32-20-22-36-60(50(64)68-54(10,11)12)38-26-24-34-58(14)48(62)66-52(4,5)6/h15-18,27-30,55-56H,19-26,31-40H2,1-14H3. The zero-order valence-electron chi connectivity index (χ0n) is 44.4. The summed E-state index contributed by atoms with van der Waals surface area (Å²) in [6.07, 6.45) is 5.08. The van der Waals surface area contributed by atoms with Gasteiger partial charge in [-0.2, -0.15) is 0 Å². The molecule has 0 aliphatic rings. The molecule has 0 aliphatic heterocycles. The molecule has 14 heteroatoms. The van der Waals surface area contributed by atoms with E-state index in [-0.39, 0.29) is 24.4 Å². The molecule has 0 spiro atoms. The molecule has 68 heavy (non-hydrogen) atoms. The van der Waals surface area contributed by atoms with Gasteiger partial charge in [-0.05, 0) is 180 Å². The molecule has 3 aromatic carbocycles. The molecular formula is C54H88N6O8. The minimum atomic E-state index is -0.592. The van der Waals surface area contributed by atoms with Crippen molar-refractivity contribution in [2.75, 3.05) is 66.5 Å². The first-order valence-electron chi connectivity index (χ1n) is 24.9. The van der Waals surface area contributed by atoms with Crippen molar-refractivity contribution in [3.8, 4) is 0 Å². The van der Waals surface area contributed by atoms with Crippen LogP contribution in [0.3, 0.4) is 0 Å². The van der Waals surface area contributed by atoms with Crippen molar-refractivity contribution in [2.24, 2.45) is 0 Å². The summed E-state index contributed by atoms with van der Waals surface area (Å²) >= 11 is 0. The zero-order chi connectivity index (χ0) is 50.7. The Morgan fingerprint density at radius 2 is 0.647 bits per heavy atom. The Balaban J connectivity index is 1.56. The number of unbranched alkanes of at least 4 members (excludes halogenated alkanes) is 4. The molecule has 0 saturated heterocycles. The average molecular weight is 949 g/mol. The monoisotopic (exact) mass is 949 g/mol. The van der Waals surface area contributed by atoms with Gasteiger partial charge in [0.15, 0.2) is 0 Å². The van der Waals surface area contributed by atoms with E-state index >= 15 is 0 Å². The molecule has 0 saturated carbocycles. The highest BCUT2D eigenvalue weighted by Gasteiger charge is 2.25. The van der Waals surface area contributed by atoms with Crippen molar-refractivity contribution < 1.29 is 38.1 Å². The normalized spacial score (nSPS) is 12.2. The summed E-state index contributed by atoms with van der Waals surface area (Å²) in [6, 6.07) is 17.3. The SMILES string of the molecule is CN(CCCCN(CCCCNCc1c2ccccc2c(CNCCCCN(CCCCN(C)C(=O)OC(C)(C)C)C(=O)OC(C)(C)C)c2ccccc12)C(=O)OC(C)(C)C)C(=O)OC(C)(C)C. The van der Waals surface area contributed by atoms with E-state index in [1.807, 2.05) is 83.1 Å². The third-order valence-corrected chi connectivity index (χ3v) is 10.9. The Morgan fingerprint density at radius 1 is 0.397 bits per heavy atom. The number of benzene rings is 3. The Hall–Kier alpha value is -4.82. The van der Waals surface area contributed by atoms with Gasteiger partial charge in [0.2, 0.25) is 0 Å². The van der Waals surface area contributed by atoms with Crippen LogP contribution in [0.1, 0.15) is 146 Å². The van der Waals surface area contributed by atoms with Gasteiger partial charge < -0.3 is 49.2 Å². The minimum absolute atomic E-state index is 0.312. The maximum atomic E-state index is 13.2. The largest absolute Gasteiger partial charge is 0.444 e. The van der Waals surface area contributed by atoms with E-state index < -0.39 is 22.4 Å². The van der Waals surface area contributed by atoms with Gasteiger partial charge in [0, 0.05) is 66.5 Å². The number of amides is 4. The zero-order valence-corrected chi connectivity index (χ0v) is 44.4. The fraction of sp³-hybridized carbons (Fsp3) is 0.667. The number of carbonyl (C=O) groups is 4. The summed E-state index contributed by atoms with van der Waals surface area (Å²) in [5, 5.41) is 12.3. The molecule has 382 valence electrons. The fourth-order valence-corrected chi connectivity index (χ4v) is 7.63. The number of carbonyl (C=O) groups excluding carboxylic acids is 4. The highest BCUT2D eigenvalue weighted by molar-refractivity contribution is 6.05. The number of nitrogens with zero attached hydrogens (tertiary/aromatic N) is 4. The van der Waals surface area contributed by atoms with Crippen LogP contribution < -0.4 is 10.6 Å². The van der Waals surface area contributed by atoms with Gasteiger partial charge in [-0.1, -0.05) is 48.5 Å². The second kappa shape index (κ2) is 26.8. The number of rotatable bonds is 24. The van der Waals surface area contributed by atoms with Crippen LogP contribution in [0.15, 0.2) is 48.5 Å². The quantitative estimate of drug-likeness (QED) is 0.0506. The highest BCUT2D eigenvalue weighted by atomic mass is 16.6. The van der Waals surface area contributed by atoms with Crippen molar-refractivity contribution in [3.05, 3.63) is 59.7 Å². The number of hydrogen-bond acceptors (Lipinski definition) is 10. The van der Waals surface area contributed by atoms with E-state index in [2.05, 4.69) is 59.2 Å². The highest BCUT2D eigenvalue weighted by Crippen LogP contribution is 2.33. The Morgan fingerprint density at radius 3 is 0.926 bits per heavy atom. The second-order valence-corrected chi connectivity index (χ2v) is 22.0. The van der Waals surface area contributed by atoms with Crippen LogP contribution in [0.2, 0.25) is 0 Å². The van der Waals surface area contributed by atoms with Gasteiger partial charge in [-0.25, -0.2) is 19.2 Å². The Kier molecular flexibility index (Phi) is 22.7. The van der Waals surface area contributed by atoms with Crippen LogP contribution in [-0.4, -0.2) is 133 Å². The van der Waals surface area contributed by atoms with Crippen LogP contribution in [0.5, 0.6) is 0 Å². The second-order valence-electron chi connectivity index (χ2n) is 22.0. The van der Waals surface area contributed by atoms with Gasteiger partial charge in [0.1, 0.15) is 22.4 Å². The molecule has 2 N–H and O–H groups in total. The smallest absolute Gasteiger partial charge is 0.410 e. The van der Waals surface area contributed by atoms with E-state index in [9.17, 15) is 19.2 Å². The lowest BCUT2D eigenvalue weighted by molar-refractivity contribution is 0.0224. The van der Waals surface area contributed by atoms with Crippen molar-refractivity contribution in [2.45, 2.75) is 170 Å². The van der Waals surface area contributed by atoms with Crippen LogP contribution >= 0.6 is 0 Å². The van der Waals surface area contributed by atoms with Crippen LogP contribution in [0.25, 0.3) is 21.5 Å². The molecule has 0 fully saturated rings. The fourth-order valence-electron chi connectivity index (χ4n) is 7.63. The van der Waals surface area contributed by atoms with Crippen molar-refractivity contribution in [1.82, 2.24) is 30.2 Å². The molecule has 0 atom stereocenters. The number of ether oxygens (including phenoxy) is 4. The van der Waals surface area contributed by atoms with E-state index in [1.54, 1.807) is 33.7 Å². The van der Waals surface area contributed by atoms with E-state index in [0.717, 1.165) is 64.5 Å². The Labute approximate surface area is 409 Å². The predicted molar refractivity (Wildman–Crippen MR) is 275 cm³/mol. The van der Waals surface area contributed by atoms with Gasteiger partial charge in [-0.3, -0.25) is 0 Å². The first-order chi connectivity index (χ1) is 31.7. The first kappa shape index (κ1) is 57.5. The number of nitrogens with one attached hydrogen (secondary N) is 2. The molecule has 3 aromatic rings. The molecule has 0 unspecified atom stereocenters. The van der Waals surface area contributed by atoms with Crippen LogP contribution in [0, 0.1) is 0 Å². The number of hydrogen-bond donors (Lipinski definition) is 2. The lowest BCUT2D eigenvalue weighted by Gasteiger charge is -2.28. The Bertz CT molecular complexity index is 1850. The van der Waals surface area contributed by atoms with Crippen LogP contribution in [0.4, 0.5) is 19.2 Å². The molecule has 0 radical (unpaired) electrons. The summed E-state index contributed by atoms with van der Waals surface area (Å²) < 4.78 is 22.5. The van der Waals surface area contributed by atoms with E-state index in [1.165, 1.54) is 32.7 Å². The van der Waals surface area contributed by atoms with E-state index in [0.29, 0.717) is 52.4 Å². The lowest BCUT2D eigenvalue weighted by Crippen LogP contribution is -2.38. The maximum absolute atomic E-state index is 13.2.